The first-order valence-corrected chi connectivity index (χ1v) is 36.1. The fraction of sp³-hybridized carbons (Fsp3) is 0.753. The van der Waals surface area contributed by atoms with E-state index in [4.69, 9.17) is 13.8 Å². The summed E-state index contributed by atoms with van der Waals surface area (Å²) >= 11 is 0. The van der Waals surface area contributed by atoms with Crippen molar-refractivity contribution >= 4 is 19.7 Å². The molecule has 0 spiro atoms. The Hall–Kier alpha value is -3.07. The number of rotatable bonds is 62. The van der Waals surface area contributed by atoms with E-state index in [0.29, 0.717) is 23.9 Å². The van der Waals surface area contributed by atoms with E-state index in [0.717, 1.165) is 96.3 Å². The number of likely N-dealkylation sites (N-methyl/N-ethyl adjacent to an activating group) is 1. The number of nitrogens with one attached hydrogen (secondary N) is 1. The monoisotopic (exact) mass is 1180 g/mol. The predicted octanol–water partition coefficient (Wildman–Crippen LogP) is 21.9. The van der Waals surface area contributed by atoms with Crippen LogP contribution in [0.4, 0.5) is 0 Å². The molecule has 3 unspecified atom stereocenters. The molecule has 0 bridgehead atoms. The highest BCUT2D eigenvalue weighted by Crippen LogP contribution is 2.43. The largest absolute Gasteiger partial charge is 0.472 e. The second-order valence-corrected chi connectivity index (χ2v) is 25.8. The lowest BCUT2D eigenvalue weighted by atomic mass is 10.0. The molecule has 83 heavy (non-hydrogen) atoms. The molecule has 0 aromatic heterocycles. The lowest BCUT2D eigenvalue weighted by Crippen LogP contribution is -2.47. The van der Waals surface area contributed by atoms with Crippen LogP contribution >= 0.6 is 7.82 Å². The number of unbranched alkanes of at least 4 members (excludes halogenated alkanes) is 32. The molecule has 0 fully saturated rings. The highest BCUT2D eigenvalue weighted by atomic mass is 31.2. The molecule has 0 aromatic carbocycles. The van der Waals surface area contributed by atoms with Gasteiger partial charge in [-0.2, -0.15) is 0 Å². The molecule has 0 saturated heterocycles. The Morgan fingerprint density at radius 2 is 0.771 bits per heavy atom. The van der Waals surface area contributed by atoms with E-state index >= 15 is 0 Å². The lowest BCUT2D eigenvalue weighted by Gasteiger charge is -2.27. The first kappa shape index (κ1) is 79.9. The van der Waals surface area contributed by atoms with Crippen LogP contribution in [0.1, 0.15) is 303 Å². The number of carbonyl (C=O) groups is 2. The van der Waals surface area contributed by atoms with Gasteiger partial charge >= 0.3 is 13.8 Å². The molecule has 480 valence electrons. The molecule has 0 aliphatic carbocycles. The zero-order chi connectivity index (χ0) is 60.7. The molecule has 0 rings (SSSR count). The van der Waals surface area contributed by atoms with E-state index in [2.05, 4.69) is 111 Å². The zero-order valence-corrected chi connectivity index (χ0v) is 55.8. The van der Waals surface area contributed by atoms with Crippen molar-refractivity contribution in [2.75, 3.05) is 40.9 Å². The van der Waals surface area contributed by atoms with Gasteiger partial charge in [0.1, 0.15) is 19.3 Å². The standard InChI is InChI=1S/C73H131N2O7P/c1-7-10-13-16-19-22-25-27-29-31-33-34-35-36-37-38-39-40-42-43-45-47-50-53-56-59-62-65-72(76)74-70(69-81-83(78,79)80-68-67-75(4,5)6)71(64-61-58-55-52-49-24-21-18-15-12-9-3)82-73(77)66-63-60-57-54-51-48-46-44-41-32-30-28-26-23-20-17-14-11-8-2/h11,14,19-20,22-23,27-30,41,44,48,51,61,64,70-71H,7-10,12-13,15-18,21,24-26,31-40,42-43,45-47,49-50,52-60,62-63,65-69H2,1-6H3,(H-,74,76,78,79)/p+1/b14-11-,22-19-,23-20-,29-27-,30-28-,44-41-,51-48-,64-61-. The summed E-state index contributed by atoms with van der Waals surface area (Å²) in [5, 5.41) is 3.06. The van der Waals surface area contributed by atoms with Gasteiger partial charge < -0.3 is 19.4 Å². The van der Waals surface area contributed by atoms with Crippen LogP contribution < -0.4 is 5.32 Å². The summed E-state index contributed by atoms with van der Waals surface area (Å²) in [4.78, 5) is 37.8. The first-order chi connectivity index (χ1) is 40.4. The quantitative estimate of drug-likeness (QED) is 0.0205. The van der Waals surface area contributed by atoms with Crippen LogP contribution in [0.5, 0.6) is 0 Å². The van der Waals surface area contributed by atoms with Gasteiger partial charge in [0, 0.05) is 12.8 Å². The summed E-state index contributed by atoms with van der Waals surface area (Å²) in [6, 6.07) is -0.867. The Bertz CT molecular complexity index is 1740. The molecule has 0 radical (unpaired) electrons. The van der Waals surface area contributed by atoms with Gasteiger partial charge in [-0.05, 0) is 109 Å². The van der Waals surface area contributed by atoms with E-state index < -0.39 is 20.0 Å². The summed E-state index contributed by atoms with van der Waals surface area (Å²) in [6.45, 7) is 6.86. The van der Waals surface area contributed by atoms with Gasteiger partial charge in [0.2, 0.25) is 5.91 Å². The van der Waals surface area contributed by atoms with Crippen molar-refractivity contribution in [2.45, 2.75) is 315 Å². The number of carbonyl (C=O) groups excluding carboxylic acids is 2. The molecule has 9 nitrogen and oxygen atoms in total. The van der Waals surface area contributed by atoms with E-state index in [9.17, 15) is 19.0 Å². The van der Waals surface area contributed by atoms with E-state index in [-0.39, 0.29) is 31.5 Å². The van der Waals surface area contributed by atoms with Crippen molar-refractivity contribution in [3.63, 3.8) is 0 Å². The van der Waals surface area contributed by atoms with Crippen molar-refractivity contribution in [2.24, 2.45) is 0 Å². The summed E-state index contributed by atoms with van der Waals surface area (Å²) in [5.41, 5.74) is 0. The predicted molar refractivity (Wildman–Crippen MR) is 360 cm³/mol. The zero-order valence-electron chi connectivity index (χ0n) is 54.9. The SMILES string of the molecule is CC/C=C\C/C=C\C/C=C\C/C=C\C/C=C\CCCCCC(=O)OC(/C=C\CCCCCCCCCCC)C(COP(=O)(O)OCC[N+](C)(C)C)NC(=O)CCCCCCCCCCCCCCCCCCC/C=C\C/C=C\CCCCC. The molecule has 3 atom stereocenters. The van der Waals surface area contributed by atoms with Crippen molar-refractivity contribution < 1.29 is 37.3 Å². The number of hydrogen-bond donors (Lipinski definition) is 2. The molecule has 2 N–H and O–H groups in total. The number of hydrogen-bond acceptors (Lipinski definition) is 6. The Labute approximate surface area is 513 Å². The second-order valence-electron chi connectivity index (χ2n) is 24.3. The maximum absolute atomic E-state index is 13.6. The number of phosphoric ester groups is 1. The number of allylic oxidation sites excluding steroid dienone is 15. The average molecular weight is 1180 g/mol. The number of amides is 1. The Morgan fingerprint density at radius 1 is 0.434 bits per heavy atom. The molecule has 0 heterocycles. The number of quaternary nitrogens is 1. The third-order valence-electron chi connectivity index (χ3n) is 15.0. The Morgan fingerprint density at radius 3 is 1.19 bits per heavy atom. The van der Waals surface area contributed by atoms with Crippen molar-refractivity contribution in [1.29, 1.82) is 0 Å². The molecule has 0 aromatic rings. The minimum atomic E-state index is -4.46. The smallest absolute Gasteiger partial charge is 0.456 e. The number of nitrogens with zero attached hydrogens (tertiary/aromatic N) is 1. The Balaban J connectivity index is 5.05. The third kappa shape index (κ3) is 63.3. The van der Waals surface area contributed by atoms with E-state index in [1.54, 1.807) is 0 Å². The van der Waals surface area contributed by atoms with Gasteiger partial charge in [-0.3, -0.25) is 18.6 Å². The number of ether oxygens (including phenoxy) is 1. The fourth-order valence-electron chi connectivity index (χ4n) is 9.70. The number of esters is 1. The third-order valence-corrected chi connectivity index (χ3v) is 16.0. The minimum absolute atomic E-state index is 0.0316. The highest BCUT2D eigenvalue weighted by Gasteiger charge is 2.30. The van der Waals surface area contributed by atoms with Crippen LogP contribution in [0.25, 0.3) is 0 Å². The maximum Gasteiger partial charge on any atom is 0.472 e. The van der Waals surface area contributed by atoms with Gasteiger partial charge in [-0.15, -0.1) is 0 Å². The molecule has 0 aliphatic rings. The van der Waals surface area contributed by atoms with Gasteiger partial charge in [-0.1, -0.05) is 279 Å². The van der Waals surface area contributed by atoms with Gasteiger partial charge in [0.25, 0.3) is 0 Å². The van der Waals surface area contributed by atoms with Gasteiger partial charge in [0.15, 0.2) is 0 Å². The van der Waals surface area contributed by atoms with E-state index in [1.807, 2.05) is 33.3 Å². The lowest BCUT2D eigenvalue weighted by molar-refractivity contribution is -0.870. The molecule has 0 saturated carbocycles. The summed E-state index contributed by atoms with van der Waals surface area (Å²) in [7, 11) is 1.47. The fourth-order valence-corrected chi connectivity index (χ4v) is 10.4. The first-order valence-electron chi connectivity index (χ1n) is 34.6. The van der Waals surface area contributed by atoms with Crippen LogP contribution in [0.3, 0.4) is 0 Å². The molecular formula is C73H132N2O7P+. The molecule has 1 amide bonds. The Kier molecular flexibility index (Phi) is 59.7. The van der Waals surface area contributed by atoms with Gasteiger partial charge in [0.05, 0.1) is 33.8 Å². The van der Waals surface area contributed by atoms with Crippen LogP contribution in [0.15, 0.2) is 97.2 Å². The molecular weight excluding hydrogens is 1050 g/mol. The topological polar surface area (TPSA) is 111 Å². The molecule has 0 aliphatic heterocycles. The van der Waals surface area contributed by atoms with E-state index in [1.165, 1.54) is 167 Å². The maximum atomic E-state index is 13.6. The summed E-state index contributed by atoms with van der Waals surface area (Å²) in [5.74, 6) is -0.540. The highest BCUT2D eigenvalue weighted by molar-refractivity contribution is 7.47. The van der Waals surface area contributed by atoms with Crippen LogP contribution in [0.2, 0.25) is 0 Å². The normalized spacial score (nSPS) is 14.2. The van der Waals surface area contributed by atoms with Crippen LogP contribution in [-0.2, 0) is 27.9 Å². The number of phosphoric acid groups is 1. The van der Waals surface area contributed by atoms with Crippen molar-refractivity contribution in [1.82, 2.24) is 5.32 Å². The second kappa shape index (κ2) is 62.0. The van der Waals surface area contributed by atoms with Crippen molar-refractivity contribution in [3.8, 4) is 0 Å². The minimum Gasteiger partial charge on any atom is -0.456 e. The summed E-state index contributed by atoms with van der Waals surface area (Å²) in [6.07, 6.45) is 84.3. The average Bonchev–Trinajstić information content (AvgIpc) is 3.51. The molecule has 10 heteroatoms. The van der Waals surface area contributed by atoms with Crippen molar-refractivity contribution in [3.05, 3.63) is 97.2 Å². The summed E-state index contributed by atoms with van der Waals surface area (Å²) < 4.78 is 30.7. The van der Waals surface area contributed by atoms with Gasteiger partial charge in [-0.25, -0.2) is 4.57 Å². The van der Waals surface area contributed by atoms with Crippen LogP contribution in [0, 0.1) is 0 Å². The van der Waals surface area contributed by atoms with Crippen LogP contribution in [-0.4, -0.2) is 74.3 Å².